The third-order valence-electron chi connectivity index (χ3n) is 6.60. The number of hydrogen-bond donors (Lipinski definition) is 0. The molecule has 1 aromatic carbocycles. The van der Waals surface area contributed by atoms with Crippen molar-refractivity contribution in [2.75, 3.05) is 26.2 Å². The van der Waals surface area contributed by atoms with E-state index in [1.807, 2.05) is 23.1 Å². The zero-order valence-corrected chi connectivity index (χ0v) is 17.6. The van der Waals surface area contributed by atoms with E-state index in [0.717, 1.165) is 43.7 Å². The molecule has 1 aliphatic carbocycles. The number of aryl methyl sites for hydroxylation is 1. The molecule has 0 N–H and O–H groups in total. The Morgan fingerprint density at radius 1 is 1.00 bits per heavy atom. The Labute approximate surface area is 177 Å². The Morgan fingerprint density at radius 2 is 1.87 bits per heavy atom. The van der Waals surface area contributed by atoms with Gasteiger partial charge in [-0.1, -0.05) is 36.8 Å². The van der Waals surface area contributed by atoms with E-state index in [4.69, 9.17) is 4.98 Å². The number of imidazole rings is 1. The van der Waals surface area contributed by atoms with Gasteiger partial charge in [-0.25, -0.2) is 9.67 Å². The second-order valence-electron chi connectivity index (χ2n) is 8.49. The summed E-state index contributed by atoms with van der Waals surface area (Å²) in [6.45, 7) is 4.98. The largest absolute Gasteiger partial charge is 0.336 e. The van der Waals surface area contributed by atoms with Crippen LogP contribution in [0.5, 0.6) is 0 Å². The van der Waals surface area contributed by atoms with Crippen LogP contribution in [0.2, 0.25) is 0 Å². The van der Waals surface area contributed by atoms with Crippen molar-refractivity contribution >= 4 is 0 Å². The van der Waals surface area contributed by atoms with E-state index in [1.165, 1.54) is 31.4 Å². The number of tetrazole rings is 1. The van der Waals surface area contributed by atoms with Gasteiger partial charge >= 0.3 is 0 Å². The van der Waals surface area contributed by atoms with Gasteiger partial charge in [0.15, 0.2) is 5.82 Å². The Kier molecular flexibility index (Phi) is 5.59. The van der Waals surface area contributed by atoms with Gasteiger partial charge in [0.1, 0.15) is 11.9 Å². The van der Waals surface area contributed by atoms with Crippen LogP contribution in [0.1, 0.15) is 48.9 Å². The summed E-state index contributed by atoms with van der Waals surface area (Å²) in [4.78, 5) is 9.91. The third-order valence-corrected chi connectivity index (χ3v) is 6.60. The SMILES string of the molecule is Cn1ccnc1C(c1nnnn1Cc1ccccc1)N1CCCN(C2CCC2)CC1. The number of hydrogen-bond acceptors (Lipinski definition) is 6. The van der Waals surface area contributed by atoms with Gasteiger partial charge in [-0.3, -0.25) is 9.80 Å². The topological polar surface area (TPSA) is 67.9 Å². The van der Waals surface area contributed by atoms with Crippen LogP contribution in [0.15, 0.2) is 42.7 Å². The lowest BCUT2D eigenvalue weighted by atomic mass is 9.91. The minimum atomic E-state index is -0.0509. The predicted octanol–water partition coefficient (Wildman–Crippen LogP) is 2.10. The molecule has 2 aromatic heterocycles. The van der Waals surface area contributed by atoms with Crippen LogP contribution in [-0.2, 0) is 13.6 Å². The average molecular weight is 407 g/mol. The normalized spacial score (nSPS) is 20.0. The van der Waals surface area contributed by atoms with E-state index in [-0.39, 0.29) is 6.04 Å². The first kappa shape index (κ1) is 19.4. The predicted molar refractivity (Wildman–Crippen MR) is 114 cm³/mol. The van der Waals surface area contributed by atoms with E-state index in [0.29, 0.717) is 6.54 Å². The monoisotopic (exact) mass is 406 g/mol. The minimum Gasteiger partial charge on any atom is -0.336 e. The van der Waals surface area contributed by atoms with Crippen LogP contribution in [0, 0.1) is 0 Å². The third kappa shape index (κ3) is 3.89. The molecule has 1 aliphatic heterocycles. The van der Waals surface area contributed by atoms with E-state index < -0.39 is 0 Å². The molecule has 0 amide bonds. The van der Waals surface area contributed by atoms with Crippen molar-refractivity contribution in [1.29, 1.82) is 0 Å². The van der Waals surface area contributed by atoms with Gasteiger partial charge in [-0.15, -0.1) is 5.10 Å². The summed E-state index contributed by atoms with van der Waals surface area (Å²) in [5.41, 5.74) is 1.19. The van der Waals surface area contributed by atoms with Gasteiger partial charge in [0.2, 0.25) is 0 Å². The molecule has 1 saturated heterocycles. The maximum atomic E-state index is 4.71. The lowest BCUT2D eigenvalue weighted by molar-refractivity contribution is 0.127. The molecule has 3 aromatic rings. The Bertz CT molecular complexity index is 945. The summed E-state index contributed by atoms with van der Waals surface area (Å²) < 4.78 is 4.03. The quantitative estimate of drug-likeness (QED) is 0.625. The van der Waals surface area contributed by atoms with E-state index >= 15 is 0 Å². The zero-order valence-electron chi connectivity index (χ0n) is 17.6. The fourth-order valence-electron chi connectivity index (χ4n) is 4.69. The standard InChI is InChI=1S/C22H30N8/c1-27-14-11-23-21(27)20(29-13-6-12-28(15-16-29)19-9-5-10-19)22-24-25-26-30(22)17-18-7-3-2-4-8-18/h2-4,7-8,11,14,19-20H,5-6,9-10,12-13,15-17H2,1H3. The number of nitrogens with zero attached hydrogens (tertiary/aromatic N) is 8. The summed E-state index contributed by atoms with van der Waals surface area (Å²) >= 11 is 0. The Hall–Kier alpha value is -2.58. The molecule has 0 bridgehead atoms. The Morgan fingerprint density at radius 3 is 2.60 bits per heavy atom. The van der Waals surface area contributed by atoms with Crippen LogP contribution in [0.3, 0.4) is 0 Å². The molecule has 2 aliphatic rings. The van der Waals surface area contributed by atoms with Gasteiger partial charge < -0.3 is 4.57 Å². The van der Waals surface area contributed by atoms with Gasteiger partial charge in [0.25, 0.3) is 0 Å². The summed E-state index contributed by atoms with van der Waals surface area (Å²) in [5.74, 6) is 1.86. The molecule has 8 heteroatoms. The van der Waals surface area contributed by atoms with Crippen LogP contribution < -0.4 is 0 Å². The van der Waals surface area contributed by atoms with Crippen molar-refractivity contribution < 1.29 is 0 Å². The minimum absolute atomic E-state index is 0.0509. The van der Waals surface area contributed by atoms with E-state index in [9.17, 15) is 0 Å². The van der Waals surface area contributed by atoms with Crippen molar-refractivity contribution in [1.82, 2.24) is 39.6 Å². The maximum absolute atomic E-state index is 4.71. The fraction of sp³-hybridized carbons (Fsp3) is 0.545. The first-order chi connectivity index (χ1) is 14.8. The van der Waals surface area contributed by atoms with Crippen molar-refractivity contribution in [2.24, 2.45) is 7.05 Å². The van der Waals surface area contributed by atoms with Crippen molar-refractivity contribution in [3.05, 3.63) is 59.9 Å². The van der Waals surface area contributed by atoms with Gasteiger partial charge in [-0.2, -0.15) is 0 Å². The fourth-order valence-corrected chi connectivity index (χ4v) is 4.69. The lowest BCUT2D eigenvalue weighted by Crippen LogP contribution is -2.43. The zero-order chi connectivity index (χ0) is 20.3. The molecule has 1 unspecified atom stereocenters. The smallest absolute Gasteiger partial charge is 0.176 e. The molecule has 3 heterocycles. The molecule has 158 valence electrons. The molecule has 0 radical (unpaired) electrons. The molecular formula is C22H30N8. The summed E-state index contributed by atoms with van der Waals surface area (Å²) in [6.07, 6.45) is 9.14. The van der Waals surface area contributed by atoms with Gasteiger partial charge in [0, 0.05) is 45.1 Å². The van der Waals surface area contributed by atoms with E-state index in [2.05, 4.69) is 61.2 Å². The highest BCUT2D eigenvalue weighted by atomic mass is 15.6. The molecule has 5 rings (SSSR count). The van der Waals surface area contributed by atoms with Gasteiger partial charge in [0.05, 0.1) is 6.54 Å². The maximum Gasteiger partial charge on any atom is 0.176 e. The highest BCUT2D eigenvalue weighted by molar-refractivity contribution is 5.17. The first-order valence-electron chi connectivity index (χ1n) is 11.0. The molecule has 30 heavy (non-hydrogen) atoms. The number of aromatic nitrogens is 6. The molecule has 1 saturated carbocycles. The molecular weight excluding hydrogens is 376 g/mol. The summed E-state index contributed by atoms with van der Waals surface area (Å²) in [7, 11) is 2.05. The number of benzene rings is 1. The lowest BCUT2D eigenvalue weighted by Gasteiger charge is -2.37. The van der Waals surface area contributed by atoms with Crippen molar-refractivity contribution in [3.8, 4) is 0 Å². The highest BCUT2D eigenvalue weighted by Crippen LogP contribution is 2.30. The van der Waals surface area contributed by atoms with Crippen molar-refractivity contribution in [2.45, 2.75) is 44.3 Å². The summed E-state index contributed by atoms with van der Waals surface area (Å²) in [6, 6.07) is 11.1. The molecule has 8 nitrogen and oxygen atoms in total. The second-order valence-corrected chi connectivity index (χ2v) is 8.49. The highest BCUT2D eigenvalue weighted by Gasteiger charge is 2.34. The van der Waals surface area contributed by atoms with Crippen LogP contribution in [-0.4, -0.2) is 71.8 Å². The van der Waals surface area contributed by atoms with Gasteiger partial charge in [-0.05, 0) is 41.8 Å². The Balaban J connectivity index is 1.44. The van der Waals surface area contributed by atoms with Crippen LogP contribution >= 0.6 is 0 Å². The summed E-state index contributed by atoms with van der Waals surface area (Å²) in [5, 5.41) is 12.9. The van der Waals surface area contributed by atoms with Crippen LogP contribution in [0.4, 0.5) is 0 Å². The molecule has 2 fully saturated rings. The number of rotatable bonds is 6. The van der Waals surface area contributed by atoms with Crippen molar-refractivity contribution in [3.63, 3.8) is 0 Å². The molecule has 1 atom stereocenters. The van der Waals surface area contributed by atoms with Crippen LogP contribution in [0.25, 0.3) is 0 Å². The van der Waals surface area contributed by atoms with E-state index in [1.54, 1.807) is 0 Å². The first-order valence-corrected chi connectivity index (χ1v) is 11.0. The molecule has 0 spiro atoms. The second kappa shape index (κ2) is 8.65. The average Bonchev–Trinajstić information content (AvgIpc) is 3.27.